The van der Waals surface area contributed by atoms with E-state index in [9.17, 15) is 0 Å². The SMILES string of the molecule is Cc1cc(CCl)cc(C)c1OCCC(C)C. The first-order valence-corrected chi connectivity index (χ1v) is 6.37. The second kappa shape index (κ2) is 6.15. The van der Waals surface area contributed by atoms with Crippen molar-refractivity contribution in [2.45, 2.75) is 40.0 Å². The summed E-state index contributed by atoms with van der Waals surface area (Å²) in [5.74, 6) is 2.27. The van der Waals surface area contributed by atoms with E-state index in [0.29, 0.717) is 11.8 Å². The first-order chi connectivity index (χ1) is 7.54. The van der Waals surface area contributed by atoms with Crippen LogP contribution in [0.3, 0.4) is 0 Å². The van der Waals surface area contributed by atoms with E-state index in [-0.39, 0.29) is 0 Å². The van der Waals surface area contributed by atoms with Gasteiger partial charge in [-0.05, 0) is 42.9 Å². The van der Waals surface area contributed by atoms with Crippen LogP contribution in [-0.4, -0.2) is 6.61 Å². The first-order valence-electron chi connectivity index (χ1n) is 5.83. The summed E-state index contributed by atoms with van der Waals surface area (Å²) in [5.41, 5.74) is 3.52. The Labute approximate surface area is 104 Å². The largest absolute Gasteiger partial charge is 0.493 e. The Kier molecular flexibility index (Phi) is 5.14. The lowest BCUT2D eigenvalue weighted by molar-refractivity contribution is 0.286. The van der Waals surface area contributed by atoms with Gasteiger partial charge < -0.3 is 4.74 Å². The normalized spacial score (nSPS) is 10.9. The Morgan fingerprint density at radius 1 is 1.19 bits per heavy atom. The fourth-order valence-electron chi connectivity index (χ4n) is 1.74. The Balaban J connectivity index is 2.72. The monoisotopic (exact) mass is 240 g/mol. The van der Waals surface area contributed by atoms with E-state index in [4.69, 9.17) is 16.3 Å². The van der Waals surface area contributed by atoms with E-state index in [1.807, 2.05) is 0 Å². The van der Waals surface area contributed by atoms with Gasteiger partial charge in [-0.2, -0.15) is 0 Å². The van der Waals surface area contributed by atoms with E-state index in [2.05, 4.69) is 39.8 Å². The Morgan fingerprint density at radius 2 is 1.75 bits per heavy atom. The van der Waals surface area contributed by atoms with E-state index in [0.717, 1.165) is 24.3 Å². The molecule has 0 atom stereocenters. The molecule has 0 aliphatic heterocycles. The van der Waals surface area contributed by atoms with Crippen molar-refractivity contribution >= 4 is 11.6 Å². The molecule has 16 heavy (non-hydrogen) atoms. The lowest BCUT2D eigenvalue weighted by atomic mass is 10.1. The molecule has 0 aliphatic rings. The van der Waals surface area contributed by atoms with Crippen molar-refractivity contribution < 1.29 is 4.74 Å². The molecule has 0 bridgehead atoms. The van der Waals surface area contributed by atoms with Gasteiger partial charge in [-0.1, -0.05) is 26.0 Å². The van der Waals surface area contributed by atoms with E-state index >= 15 is 0 Å². The smallest absolute Gasteiger partial charge is 0.125 e. The van der Waals surface area contributed by atoms with E-state index in [1.165, 1.54) is 11.1 Å². The van der Waals surface area contributed by atoms with Gasteiger partial charge in [0, 0.05) is 5.88 Å². The van der Waals surface area contributed by atoms with Crippen molar-refractivity contribution in [1.29, 1.82) is 0 Å². The summed E-state index contributed by atoms with van der Waals surface area (Å²) in [7, 11) is 0. The molecule has 0 saturated carbocycles. The zero-order valence-electron chi connectivity index (χ0n) is 10.6. The van der Waals surface area contributed by atoms with Gasteiger partial charge in [0.1, 0.15) is 5.75 Å². The maximum Gasteiger partial charge on any atom is 0.125 e. The molecule has 0 spiro atoms. The summed E-state index contributed by atoms with van der Waals surface area (Å²) in [6.07, 6.45) is 1.09. The van der Waals surface area contributed by atoms with Crippen LogP contribution in [0.2, 0.25) is 0 Å². The van der Waals surface area contributed by atoms with Crippen molar-refractivity contribution in [3.05, 3.63) is 28.8 Å². The van der Waals surface area contributed by atoms with Crippen LogP contribution in [0.4, 0.5) is 0 Å². The van der Waals surface area contributed by atoms with Gasteiger partial charge in [-0.3, -0.25) is 0 Å². The second-order valence-electron chi connectivity index (χ2n) is 4.72. The lowest BCUT2D eigenvalue weighted by Crippen LogP contribution is -2.04. The van der Waals surface area contributed by atoms with Crippen molar-refractivity contribution in [3.8, 4) is 5.75 Å². The summed E-state index contributed by atoms with van der Waals surface area (Å²) in [4.78, 5) is 0. The summed E-state index contributed by atoms with van der Waals surface area (Å²) >= 11 is 5.83. The highest BCUT2D eigenvalue weighted by Crippen LogP contribution is 2.25. The molecule has 0 unspecified atom stereocenters. The number of ether oxygens (including phenoxy) is 1. The van der Waals surface area contributed by atoms with Gasteiger partial charge in [0.25, 0.3) is 0 Å². The van der Waals surface area contributed by atoms with Gasteiger partial charge in [-0.15, -0.1) is 11.6 Å². The first kappa shape index (κ1) is 13.4. The molecule has 0 aliphatic carbocycles. The molecule has 0 heterocycles. The number of hydrogen-bond acceptors (Lipinski definition) is 1. The third kappa shape index (κ3) is 3.71. The highest BCUT2D eigenvalue weighted by molar-refractivity contribution is 6.17. The van der Waals surface area contributed by atoms with Crippen LogP contribution in [0.1, 0.15) is 37.0 Å². The number of hydrogen-bond donors (Lipinski definition) is 0. The topological polar surface area (TPSA) is 9.23 Å². The predicted molar refractivity (Wildman–Crippen MR) is 70.4 cm³/mol. The molecule has 2 heteroatoms. The minimum atomic E-state index is 0.563. The molecular weight excluding hydrogens is 220 g/mol. The minimum Gasteiger partial charge on any atom is -0.493 e. The van der Waals surface area contributed by atoms with Gasteiger partial charge in [0.2, 0.25) is 0 Å². The van der Waals surface area contributed by atoms with Crippen molar-refractivity contribution in [1.82, 2.24) is 0 Å². The number of rotatable bonds is 5. The molecule has 0 aromatic heterocycles. The Bertz CT molecular complexity index is 322. The van der Waals surface area contributed by atoms with Crippen LogP contribution in [0.5, 0.6) is 5.75 Å². The molecule has 1 nitrogen and oxygen atoms in total. The summed E-state index contributed by atoms with van der Waals surface area (Å²) in [5, 5.41) is 0. The minimum absolute atomic E-state index is 0.563. The maximum absolute atomic E-state index is 5.83. The quantitative estimate of drug-likeness (QED) is 0.691. The van der Waals surface area contributed by atoms with Gasteiger partial charge in [0.15, 0.2) is 0 Å². The molecule has 0 N–H and O–H groups in total. The average Bonchev–Trinajstić information content (AvgIpc) is 2.21. The predicted octanol–water partition coefficient (Wildman–Crippen LogP) is 4.47. The molecule has 0 fully saturated rings. The second-order valence-corrected chi connectivity index (χ2v) is 4.99. The van der Waals surface area contributed by atoms with Crippen LogP contribution >= 0.6 is 11.6 Å². The molecule has 0 radical (unpaired) electrons. The van der Waals surface area contributed by atoms with Crippen LogP contribution in [0, 0.1) is 19.8 Å². The highest BCUT2D eigenvalue weighted by Gasteiger charge is 2.06. The Hall–Kier alpha value is -0.690. The van der Waals surface area contributed by atoms with E-state index < -0.39 is 0 Å². The van der Waals surface area contributed by atoms with Crippen molar-refractivity contribution in [2.24, 2.45) is 5.92 Å². The molecule has 90 valence electrons. The zero-order valence-corrected chi connectivity index (χ0v) is 11.4. The van der Waals surface area contributed by atoms with Crippen LogP contribution in [0.25, 0.3) is 0 Å². The molecule has 1 aromatic rings. The van der Waals surface area contributed by atoms with E-state index in [1.54, 1.807) is 0 Å². The fourth-order valence-corrected chi connectivity index (χ4v) is 1.90. The van der Waals surface area contributed by atoms with Gasteiger partial charge >= 0.3 is 0 Å². The average molecular weight is 241 g/mol. The molecule has 1 aromatic carbocycles. The molecular formula is C14H21ClO. The Morgan fingerprint density at radius 3 is 2.19 bits per heavy atom. The highest BCUT2D eigenvalue weighted by atomic mass is 35.5. The summed E-state index contributed by atoms with van der Waals surface area (Å²) in [6.45, 7) is 9.36. The third-order valence-electron chi connectivity index (χ3n) is 2.62. The number of halogens is 1. The van der Waals surface area contributed by atoms with Crippen LogP contribution in [0.15, 0.2) is 12.1 Å². The van der Waals surface area contributed by atoms with Gasteiger partial charge in [0.05, 0.1) is 6.61 Å². The van der Waals surface area contributed by atoms with Crippen LogP contribution in [-0.2, 0) is 5.88 Å². The zero-order chi connectivity index (χ0) is 12.1. The fraction of sp³-hybridized carbons (Fsp3) is 0.571. The lowest BCUT2D eigenvalue weighted by Gasteiger charge is -2.14. The number of alkyl halides is 1. The van der Waals surface area contributed by atoms with Crippen molar-refractivity contribution in [2.75, 3.05) is 6.61 Å². The molecule has 1 rings (SSSR count). The maximum atomic E-state index is 5.83. The summed E-state index contributed by atoms with van der Waals surface area (Å²) < 4.78 is 5.83. The summed E-state index contributed by atoms with van der Waals surface area (Å²) in [6, 6.07) is 4.20. The van der Waals surface area contributed by atoms with Crippen LogP contribution < -0.4 is 4.74 Å². The number of aryl methyl sites for hydroxylation is 2. The number of benzene rings is 1. The molecule has 0 saturated heterocycles. The van der Waals surface area contributed by atoms with Gasteiger partial charge in [-0.25, -0.2) is 0 Å². The molecule has 0 amide bonds. The standard InChI is InChI=1S/C14H21ClO/c1-10(2)5-6-16-14-11(3)7-13(9-15)8-12(14)4/h7-8,10H,5-6,9H2,1-4H3. The third-order valence-corrected chi connectivity index (χ3v) is 2.92. The van der Waals surface area contributed by atoms with Crippen molar-refractivity contribution in [3.63, 3.8) is 0 Å².